The Balaban J connectivity index is 0. The van der Waals surface area contributed by atoms with Crippen LogP contribution in [0.4, 0.5) is 9.59 Å². The minimum Gasteiger partial charge on any atom is -0.748 e. The molecule has 6 N–H and O–H groups in total. The summed E-state index contributed by atoms with van der Waals surface area (Å²) in [6, 6.07) is -1.35. The Kier molecular flexibility index (Phi) is 22.0. The van der Waals surface area contributed by atoms with Crippen LogP contribution in [0.2, 0.25) is 0 Å². The molecule has 43 heavy (non-hydrogen) atoms. The fourth-order valence-corrected chi connectivity index (χ4v) is 4.33. The number of hydrogen-bond acceptors (Lipinski definition) is 11. The Morgan fingerprint density at radius 2 is 1.33 bits per heavy atom. The zero-order valence-corrected chi connectivity index (χ0v) is 28.9. The zero-order valence-electron chi connectivity index (χ0n) is 26.1. The smallest absolute Gasteiger partial charge is 0.748 e. The molecule has 0 aliphatic heterocycles. The van der Waals surface area contributed by atoms with E-state index in [4.69, 9.17) is 19.7 Å². The van der Waals surface area contributed by atoms with Gasteiger partial charge in [0.05, 0.1) is 42.4 Å². The zero-order chi connectivity index (χ0) is 32.4. The van der Waals surface area contributed by atoms with Crippen LogP contribution < -0.4 is 50.8 Å². The number of aliphatic hydroxyl groups excluding tert-OH is 2. The molecule has 0 heterocycles. The minimum absolute atomic E-state index is 0. The third-order valence-corrected chi connectivity index (χ3v) is 6.80. The summed E-state index contributed by atoms with van der Waals surface area (Å²) < 4.78 is 43.2. The molecule has 0 unspecified atom stereocenters. The van der Waals surface area contributed by atoms with E-state index in [1.54, 1.807) is 0 Å². The fraction of sp³-hybridized carbons (Fsp3) is 0.833. The van der Waals surface area contributed by atoms with E-state index in [2.05, 4.69) is 21.3 Å². The van der Waals surface area contributed by atoms with Gasteiger partial charge in [0.1, 0.15) is 13.5 Å². The largest absolute Gasteiger partial charge is 1.00 e. The molecule has 0 saturated heterocycles. The van der Waals surface area contributed by atoms with Crippen LogP contribution in [0.1, 0.15) is 53.9 Å². The normalized spacial score (nSPS) is 11.6. The molecule has 0 rings (SSSR count). The summed E-state index contributed by atoms with van der Waals surface area (Å²) in [5.41, 5.74) is -1.74. The predicted octanol–water partition coefficient (Wildman–Crippen LogP) is -4.57. The van der Waals surface area contributed by atoms with Gasteiger partial charge in [0.15, 0.2) is 0 Å². The third kappa shape index (κ3) is 22.4. The molecular weight excluding hydrogens is 603 g/mol. The monoisotopic (exact) mass is 650 g/mol. The van der Waals surface area contributed by atoms with Crippen molar-refractivity contribution in [3.63, 3.8) is 0 Å². The first-order valence-electron chi connectivity index (χ1n) is 13.4. The molecule has 19 heteroatoms. The topological polar surface area (TPSA) is 239 Å². The van der Waals surface area contributed by atoms with Crippen molar-refractivity contribution in [1.82, 2.24) is 31.1 Å². The Bertz CT molecular complexity index is 969. The first kappa shape index (κ1) is 43.4. The van der Waals surface area contributed by atoms with Crippen molar-refractivity contribution in [1.29, 1.82) is 0 Å². The minimum atomic E-state index is -4.59. The van der Waals surface area contributed by atoms with Crippen LogP contribution in [0.3, 0.4) is 0 Å². The number of ether oxygens (including phenoxy) is 2. The van der Waals surface area contributed by atoms with E-state index in [1.807, 2.05) is 20.8 Å². The average Bonchev–Trinajstić information content (AvgIpc) is 2.86. The average molecular weight is 651 g/mol. The molecule has 246 valence electrons. The van der Waals surface area contributed by atoms with Gasteiger partial charge in [-0.3, -0.25) is 9.59 Å². The van der Waals surface area contributed by atoms with E-state index in [1.165, 1.54) is 18.7 Å². The van der Waals surface area contributed by atoms with Gasteiger partial charge in [-0.1, -0.05) is 6.92 Å². The molecule has 0 aromatic rings. The number of aliphatic hydroxyl groups is 2. The van der Waals surface area contributed by atoms with Gasteiger partial charge < -0.3 is 55.3 Å². The number of nitrogens with one attached hydrogen (secondary N) is 4. The molecule has 6 amide bonds. The molecule has 0 radical (unpaired) electrons. The van der Waals surface area contributed by atoms with Crippen LogP contribution in [-0.2, 0) is 29.2 Å². The van der Waals surface area contributed by atoms with E-state index in [0.29, 0.717) is 6.42 Å². The van der Waals surface area contributed by atoms with Gasteiger partial charge in [0, 0.05) is 43.6 Å². The van der Waals surface area contributed by atoms with E-state index in [9.17, 15) is 32.1 Å². The fourth-order valence-electron chi connectivity index (χ4n) is 3.37. The second-order valence-electron chi connectivity index (χ2n) is 10.6. The van der Waals surface area contributed by atoms with Crippen LogP contribution in [-0.4, -0.2) is 133 Å². The molecule has 0 saturated carbocycles. The molecule has 0 bridgehead atoms. The number of urea groups is 2. The quantitative estimate of drug-likeness (QED) is 0.0299. The molecule has 0 aliphatic carbocycles. The standard InChI is InChI=1S/C24H48N6O11S.Na/c1-6-23(2,3)27-19(33)8-10-30(17-41-18-32)22(36)26-16-25-21(35)29(11-13-40-14-12-31)9-7-20(34)28-24(4,5)15-42(37,38)39;/h31-32H,6-18H2,1-5H3,(H,25,35)(H,26,36)(H,27,33)(H,28,34)(H,37,38,39);/q;+1/p-1. The van der Waals surface area contributed by atoms with Gasteiger partial charge in [0.2, 0.25) is 11.8 Å². The Labute approximate surface area is 275 Å². The second-order valence-corrected chi connectivity index (χ2v) is 12.0. The number of carbonyl (C=O) groups is 4. The van der Waals surface area contributed by atoms with Crippen molar-refractivity contribution < 1.29 is 81.4 Å². The summed E-state index contributed by atoms with van der Waals surface area (Å²) in [4.78, 5) is 52.4. The number of nitrogens with zero attached hydrogens (tertiary/aromatic N) is 2. The van der Waals surface area contributed by atoms with E-state index in [0.717, 1.165) is 4.90 Å². The summed E-state index contributed by atoms with van der Waals surface area (Å²) in [5.74, 6) is -1.69. The van der Waals surface area contributed by atoms with Crippen molar-refractivity contribution >= 4 is 34.0 Å². The maximum Gasteiger partial charge on any atom is 1.00 e. The second kappa shape index (κ2) is 21.9. The van der Waals surface area contributed by atoms with Crippen LogP contribution >= 0.6 is 0 Å². The van der Waals surface area contributed by atoms with Crippen molar-refractivity contribution in [2.45, 2.75) is 65.0 Å². The van der Waals surface area contributed by atoms with Crippen LogP contribution in [0.15, 0.2) is 0 Å². The Morgan fingerprint density at radius 3 is 1.81 bits per heavy atom. The summed E-state index contributed by atoms with van der Waals surface area (Å²) >= 11 is 0. The van der Waals surface area contributed by atoms with Gasteiger partial charge >= 0.3 is 41.6 Å². The Morgan fingerprint density at radius 1 is 0.814 bits per heavy atom. The predicted molar refractivity (Wildman–Crippen MR) is 150 cm³/mol. The van der Waals surface area contributed by atoms with Crippen molar-refractivity contribution in [3.05, 3.63) is 0 Å². The van der Waals surface area contributed by atoms with E-state index < -0.39 is 51.7 Å². The van der Waals surface area contributed by atoms with Crippen LogP contribution in [0.25, 0.3) is 0 Å². The molecule has 0 fully saturated rings. The van der Waals surface area contributed by atoms with Gasteiger partial charge in [-0.25, -0.2) is 18.0 Å². The molecule has 0 atom stereocenters. The first-order valence-corrected chi connectivity index (χ1v) is 15.0. The number of carbonyl (C=O) groups excluding carboxylic acids is 4. The van der Waals surface area contributed by atoms with Crippen molar-refractivity contribution in [2.75, 3.05) is 65.4 Å². The van der Waals surface area contributed by atoms with E-state index in [-0.39, 0.29) is 101 Å². The first-order chi connectivity index (χ1) is 19.4. The van der Waals surface area contributed by atoms with E-state index >= 15 is 0 Å². The van der Waals surface area contributed by atoms with Crippen LogP contribution in [0.5, 0.6) is 0 Å². The van der Waals surface area contributed by atoms with Crippen molar-refractivity contribution in [2.24, 2.45) is 0 Å². The van der Waals surface area contributed by atoms with Crippen molar-refractivity contribution in [3.8, 4) is 0 Å². The molecular formula is C24H47N6NaO11S. The van der Waals surface area contributed by atoms with Crippen LogP contribution in [0, 0.1) is 0 Å². The molecule has 0 aromatic heterocycles. The van der Waals surface area contributed by atoms with Gasteiger partial charge in [-0.05, 0) is 34.1 Å². The molecule has 0 aromatic carbocycles. The SMILES string of the molecule is CCC(C)(C)NC(=O)CCN(COCO)C(=O)NCNC(=O)N(CCOCCO)CCC(=O)NC(C)(C)CS(=O)(=O)[O-].[Na+]. The maximum absolute atomic E-state index is 12.8. The number of hydrogen-bond donors (Lipinski definition) is 6. The molecule has 0 spiro atoms. The van der Waals surface area contributed by atoms with Gasteiger partial charge in [0.25, 0.3) is 0 Å². The van der Waals surface area contributed by atoms with Gasteiger partial charge in [-0.2, -0.15) is 0 Å². The summed E-state index contributed by atoms with van der Waals surface area (Å²) in [7, 11) is -4.59. The summed E-state index contributed by atoms with van der Waals surface area (Å²) in [6.45, 7) is 6.82. The number of rotatable bonds is 21. The molecule has 17 nitrogen and oxygen atoms in total. The number of amides is 6. The summed E-state index contributed by atoms with van der Waals surface area (Å²) in [6.07, 6.45) is 0.444. The maximum atomic E-state index is 12.8. The molecule has 0 aliphatic rings. The third-order valence-electron chi connectivity index (χ3n) is 5.73. The Hall–Kier alpha value is -1.77. The summed E-state index contributed by atoms with van der Waals surface area (Å²) in [5, 5.41) is 28.1. The van der Waals surface area contributed by atoms with Gasteiger partial charge in [-0.15, -0.1) is 0 Å².